The van der Waals surface area contributed by atoms with Crippen molar-refractivity contribution in [3.63, 3.8) is 0 Å². The molecular formula is C13H19NO2. The second-order valence-corrected chi connectivity index (χ2v) is 4.71. The Morgan fingerprint density at radius 1 is 1.38 bits per heavy atom. The van der Waals surface area contributed by atoms with Gasteiger partial charge < -0.3 is 9.84 Å². The summed E-state index contributed by atoms with van der Waals surface area (Å²) in [4.78, 5) is 4.44. The fourth-order valence-corrected chi connectivity index (χ4v) is 2.02. The number of pyridine rings is 1. The molecule has 0 unspecified atom stereocenters. The zero-order valence-corrected chi connectivity index (χ0v) is 9.89. The van der Waals surface area contributed by atoms with Gasteiger partial charge in [0.25, 0.3) is 0 Å². The lowest BCUT2D eigenvalue weighted by Crippen LogP contribution is -2.26. The van der Waals surface area contributed by atoms with E-state index in [1.165, 1.54) is 0 Å². The van der Waals surface area contributed by atoms with E-state index in [1.807, 2.05) is 18.2 Å². The SMILES string of the molecule is CC(C)c1cccc(O[C@@H]2CCC[C@@H]2O)n1. The Hall–Kier alpha value is -1.09. The highest BCUT2D eigenvalue weighted by Gasteiger charge is 2.27. The summed E-state index contributed by atoms with van der Waals surface area (Å²) in [6.07, 6.45) is 2.40. The molecule has 2 atom stereocenters. The summed E-state index contributed by atoms with van der Waals surface area (Å²) in [5.74, 6) is 1.04. The van der Waals surface area contributed by atoms with Crippen LogP contribution in [0.1, 0.15) is 44.7 Å². The highest BCUT2D eigenvalue weighted by molar-refractivity contribution is 5.18. The molecular weight excluding hydrogens is 202 g/mol. The molecule has 0 aliphatic heterocycles. The lowest BCUT2D eigenvalue weighted by Gasteiger charge is -2.17. The first kappa shape index (κ1) is 11.4. The molecule has 0 bridgehead atoms. The number of nitrogens with zero attached hydrogens (tertiary/aromatic N) is 1. The molecule has 0 radical (unpaired) electrons. The molecule has 0 spiro atoms. The number of hydrogen-bond acceptors (Lipinski definition) is 3. The molecule has 3 heteroatoms. The smallest absolute Gasteiger partial charge is 0.213 e. The summed E-state index contributed by atoms with van der Waals surface area (Å²) < 4.78 is 5.72. The van der Waals surface area contributed by atoms with Gasteiger partial charge in [0, 0.05) is 11.8 Å². The van der Waals surface area contributed by atoms with E-state index >= 15 is 0 Å². The van der Waals surface area contributed by atoms with Gasteiger partial charge in [0.1, 0.15) is 6.10 Å². The summed E-state index contributed by atoms with van der Waals surface area (Å²) in [5, 5.41) is 9.68. The number of rotatable bonds is 3. The molecule has 1 heterocycles. The maximum Gasteiger partial charge on any atom is 0.213 e. The van der Waals surface area contributed by atoms with E-state index in [1.54, 1.807) is 0 Å². The lowest BCUT2D eigenvalue weighted by molar-refractivity contribution is 0.0572. The predicted molar refractivity (Wildman–Crippen MR) is 62.6 cm³/mol. The molecule has 1 aliphatic carbocycles. The van der Waals surface area contributed by atoms with E-state index in [4.69, 9.17) is 4.74 Å². The first-order chi connectivity index (χ1) is 7.66. The van der Waals surface area contributed by atoms with E-state index in [0.717, 1.165) is 25.0 Å². The number of hydrogen-bond donors (Lipinski definition) is 1. The summed E-state index contributed by atoms with van der Waals surface area (Å²) >= 11 is 0. The zero-order chi connectivity index (χ0) is 11.5. The fraction of sp³-hybridized carbons (Fsp3) is 0.615. The molecule has 88 valence electrons. The quantitative estimate of drug-likeness (QED) is 0.852. The molecule has 1 aromatic heterocycles. The molecule has 2 rings (SSSR count). The van der Waals surface area contributed by atoms with Crippen molar-refractivity contribution in [2.75, 3.05) is 0 Å². The standard InChI is InChI=1S/C13H19NO2/c1-9(2)10-5-3-8-13(14-10)16-12-7-4-6-11(12)15/h3,5,8-9,11-12,15H,4,6-7H2,1-2H3/t11-,12+/m0/s1. The van der Waals surface area contributed by atoms with Crippen molar-refractivity contribution in [1.82, 2.24) is 4.98 Å². The zero-order valence-electron chi connectivity index (χ0n) is 9.89. The Balaban J connectivity index is 2.06. The van der Waals surface area contributed by atoms with Crippen LogP contribution in [0.2, 0.25) is 0 Å². The topological polar surface area (TPSA) is 42.4 Å². The van der Waals surface area contributed by atoms with Crippen LogP contribution in [0.5, 0.6) is 5.88 Å². The maximum atomic E-state index is 9.68. The summed E-state index contributed by atoms with van der Waals surface area (Å²) in [5.41, 5.74) is 1.03. The number of aliphatic hydroxyl groups excluding tert-OH is 1. The van der Waals surface area contributed by atoms with Crippen LogP contribution in [0, 0.1) is 0 Å². The Labute approximate surface area is 96.5 Å². The van der Waals surface area contributed by atoms with Crippen LogP contribution in [0.25, 0.3) is 0 Å². The van der Waals surface area contributed by atoms with Crippen molar-refractivity contribution in [3.05, 3.63) is 23.9 Å². The van der Waals surface area contributed by atoms with Gasteiger partial charge in [0.2, 0.25) is 5.88 Å². The van der Waals surface area contributed by atoms with Crippen molar-refractivity contribution in [3.8, 4) is 5.88 Å². The van der Waals surface area contributed by atoms with Crippen LogP contribution in [-0.4, -0.2) is 22.3 Å². The molecule has 1 fully saturated rings. The third-order valence-corrected chi connectivity index (χ3v) is 3.03. The van der Waals surface area contributed by atoms with Crippen LogP contribution in [0.4, 0.5) is 0 Å². The Morgan fingerprint density at radius 3 is 2.81 bits per heavy atom. The van der Waals surface area contributed by atoms with Gasteiger partial charge in [-0.25, -0.2) is 4.98 Å². The minimum Gasteiger partial charge on any atom is -0.472 e. The van der Waals surface area contributed by atoms with E-state index in [2.05, 4.69) is 18.8 Å². The lowest BCUT2D eigenvalue weighted by atomic mass is 10.1. The van der Waals surface area contributed by atoms with Crippen molar-refractivity contribution in [2.45, 2.75) is 51.2 Å². The molecule has 0 saturated heterocycles. The molecule has 0 amide bonds. The van der Waals surface area contributed by atoms with Crippen LogP contribution < -0.4 is 4.74 Å². The second-order valence-electron chi connectivity index (χ2n) is 4.71. The molecule has 0 aromatic carbocycles. The normalized spacial score (nSPS) is 25.0. The molecule has 1 aliphatic rings. The van der Waals surface area contributed by atoms with Gasteiger partial charge in [0.05, 0.1) is 6.10 Å². The highest BCUT2D eigenvalue weighted by atomic mass is 16.5. The predicted octanol–water partition coefficient (Wildman–Crippen LogP) is 2.50. The van der Waals surface area contributed by atoms with Gasteiger partial charge in [-0.3, -0.25) is 0 Å². The molecule has 1 N–H and O–H groups in total. The Morgan fingerprint density at radius 2 is 2.19 bits per heavy atom. The van der Waals surface area contributed by atoms with Crippen LogP contribution in [0.3, 0.4) is 0 Å². The summed E-state index contributed by atoms with van der Waals surface area (Å²) in [6.45, 7) is 4.22. The van der Waals surface area contributed by atoms with E-state index in [0.29, 0.717) is 11.8 Å². The maximum absolute atomic E-state index is 9.68. The molecule has 1 saturated carbocycles. The van der Waals surface area contributed by atoms with Crippen molar-refractivity contribution < 1.29 is 9.84 Å². The first-order valence-electron chi connectivity index (χ1n) is 5.98. The van der Waals surface area contributed by atoms with Crippen LogP contribution >= 0.6 is 0 Å². The monoisotopic (exact) mass is 221 g/mol. The number of aromatic nitrogens is 1. The third-order valence-electron chi connectivity index (χ3n) is 3.03. The second kappa shape index (κ2) is 4.83. The minimum atomic E-state index is -0.329. The van der Waals surface area contributed by atoms with Crippen molar-refractivity contribution in [1.29, 1.82) is 0 Å². The van der Waals surface area contributed by atoms with Gasteiger partial charge in [-0.05, 0) is 31.2 Å². The van der Waals surface area contributed by atoms with Gasteiger partial charge in [-0.1, -0.05) is 19.9 Å². The average molecular weight is 221 g/mol. The Bertz CT molecular complexity index is 352. The van der Waals surface area contributed by atoms with Gasteiger partial charge in [-0.15, -0.1) is 0 Å². The van der Waals surface area contributed by atoms with Crippen molar-refractivity contribution in [2.24, 2.45) is 0 Å². The summed E-state index contributed by atoms with van der Waals surface area (Å²) in [6, 6.07) is 5.82. The Kier molecular flexibility index (Phi) is 3.44. The number of aliphatic hydroxyl groups is 1. The number of ether oxygens (including phenoxy) is 1. The van der Waals surface area contributed by atoms with Gasteiger partial charge >= 0.3 is 0 Å². The highest BCUT2D eigenvalue weighted by Crippen LogP contribution is 2.24. The average Bonchev–Trinajstić information content (AvgIpc) is 2.65. The van der Waals surface area contributed by atoms with Crippen LogP contribution in [-0.2, 0) is 0 Å². The third kappa shape index (κ3) is 2.53. The molecule has 3 nitrogen and oxygen atoms in total. The van der Waals surface area contributed by atoms with Crippen molar-refractivity contribution >= 4 is 0 Å². The minimum absolute atomic E-state index is 0.0742. The molecule has 1 aromatic rings. The fourth-order valence-electron chi connectivity index (χ4n) is 2.02. The molecule has 16 heavy (non-hydrogen) atoms. The first-order valence-corrected chi connectivity index (χ1v) is 5.98. The van der Waals surface area contributed by atoms with Gasteiger partial charge in [0.15, 0.2) is 0 Å². The largest absolute Gasteiger partial charge is 0.472 e. The van der Waals surface area contributed by atoms with Gasteiger partial charge in [-0.2, -0.15) is 0 Å². The van der Waals surface area contributed by atoms with Crippen LogP contribution in [0.15, 0.2) is 18.2 Å². The van der Waals surface area contributed by atoms with E-state index < -0.39 is 0 Å². The van der Waals surface area contributed by atoms with E-state index in [-0.39, 0.29) is 12.2 Å². The van der Waals surface area contributed by atoms with E-state index in [9.17, 15) is 5.11 Å². The summed E-state index contributed by atoms with van der Waals surface area (Å²) in [7, 11) is 0.